The monoisotopic (exact) mass is 292 g/mol. The second kappa shape index (κ2) is 6.54. The molecule has 0 aliphatic carbocycles. The number of nitrogens with one attached hydrogen (secondary N) is 1. The highest BCUT2D eigenvalue weighted by Crippen LogP contribution is 2.16. The van der Waals surface area contributed by atoms with Gasteiger partial charge in [0.2, 0.25) is 0 Å². The predicted molar refractivity (Wildman–Crippen MR) is 87.8 cm³/mol. The molecule has 1 aromatic heterocycles. The van der Waals surface area contributed by atoms with Crippen LogP contribution in [0, 0.1) is 6.92 Å². The predicted octanol–water partition coefficient (Wildman–Crippen LogP) is 3.43. The summed E-state index contributed by atoms with van der Waals surface area (Å²) in [6.07, 6.45) is 3.24. The Balaban J connectivity index is 1.63. The zero-order valence-electron chi connectivity index (χ0n) is 12.9. The molecule has 0 spiro atoms. The minimum absolute atomic E-state index is 0.297. The van der Waals surface area contributed by atoms with Gasteiger partial charge in [0.1, 0.15) is 12.7 Å². The van der Waals surface area contributed by atoms with Crippen molar-refractivity contribution in [1.29, 1.82) is 0 Å². The van der Waals surface area contributed by atoms with Crippen molar-refractivity contribution in [2.24, 2.45) is 0 Å². The molecule has 22 heavy (non-hydrogen) atoms. The van der Waals surface area contributed by atoms with Gasteiger partial charge in [-0.15, -0.1) is 0 Å². The zero-order chi connectivity index (χ0) is 15.4. The first-order chi connectivity index (χ1) is 10.7. The Morgan fingerprint density at radius 1 is 1.14 bits per heavy atom. The number of aryl methyl sites for hydroxylation is 1. The first kappa shape index (κ1) is 14.5. The van der Waals surface area contributed by atoms with E-state index in [-0.39, 0.29) is 0 Å². The SMILES string of the molecule is Cc1cccc(CNC(C)c2ccc(-n3cncn3)cc2)c1. The Bertz CT molecular complexity index is 717. The lowest BCUT2D eigenvalue weighted by Crippen LogP contribution is -2.18. The van der Waals surface area contributed by atoms with Gasteiger partial charge in [-0.05, 0) is 37.1 Å². The van der Waals surface area contributed by atoms with E-state index in [1.54, 1.807) is 17.3 Å². The van der Waals surface area contributed by atoms with Gasteiger partial charge in [0.05, 0.1) is 5.69 Å². The van der Waals surface area contributed by atoms with E-state index in [1.807, 2.05) is 0 Å². The number of hydrogen-bond acceptors (Lipinski definition) is 3. The molecule has 0 radical (unpaired) electrons. The van der Waals surface area contributed by atoms with Gasteiger partial charge in [-0.1, -0.05) is 42.0 Å². The summed E-state index contributed by atoms with van der Waals surface area (Å²) in [6.45, 7) is 5.17. The van der Waals surface area contributed by atoms with Crippen LogP contribution in [0.25, 0.3) is 5.69 Å². The molecule has 3 rings (SSSR count). The van der Waals surface area contributed by atoms with E-state index in [0.29, 0.717) is 6.04 Å². The number of nitrogens with zero attached hydrogens (tertiary/aromatic N) is 3. The van der Waals surface area contributed by atoms with Gasteiger partial charge in [0.15, 0.2) is 0 Å². The van der Waals surface area contributed by atoms with Crippen molar-refractivity contribution in [1.82, 2.24) is 20.1 Å². The smallest absolute Gasteiger partial charge is 0.138 e. The summed E-state index contributed by atoms with van der Waals surface area (Å²) in [6, 6.07) is 17.3. The minimum Gasteiger partial charge on any atom is -0.306 e. The van der Waals surface area contributed by atoms with Gasteiger partial charge in [0, 0.05) is 12.6 Å². The molecule has 112 valence electrons. The average molecular weight is 292 g/mol. The highest BCUT2D eigenvalue weighted by atomic mass is 15.3. The molecule has 4 heteroatoms. The summed E-state index contributed by atoms with van der Waals surface area (Å²) in [7, 11) is 0. The lowest BCUT2D eigenvalue weighted by atomic mass is 10.1. The molecule has 0 fully saturated rings. The van der Waals surface area contributed by atoms with E-state index in [4.69, 9.17) is 0 Å². The van der Waals surface area contributed by atoms with Crippen molar-refractivity contribution >= 4 is 0 Å². The molecule has 0 saturated carbocycles. The quantitative estimate of drug-likeness (QED) is 0.783. The summed E-state index contributed by atoms with van der Waals surface area (Å²) in [4.78, 5) is 3.97. The van der Waals surface area contributed by atoms with Crippen molar-refractivity contribution in [3.63, 3.8) is 0 Å². The molecule has 1 heterocycles. The van der Waals surface area contributed by atoms with Gasteiger partial charge < -0.3 is 5.32 Å². The standard InChI is InChI=1S/C18H20N4/c1-14-4-3-5-16(10-14)11-20-15(2)17-6-8-18(9-7-17)22-13-19-12-21-22/h3-10,12-13,15,20H,11H2,1-2H3. The normalized spacial score (nSPS) is 12.3. The van der Waals surface area contributed by atoms with Gasteiger partial charge >= 0.3 is 0 Å². The Hall–Kier alpha value is -2.46. The van der Waals surface area contributed by atoms with E-state index in [9.17, 15) is 0 Å². The fraction of sp³-hybridized carbons (Fsp3) is 0.222. The summed E-state index contributed by atoms with van der Waals surface area (Å²) in [5.74, 6) is 0. The second-order valence-corrected chi connectivity index (χ2v) is 5.52. The third-order valence-electron chi connectivity index (χ3n) is 3.77. The molecule has 1 N–H and O–H groups in total. The van der Waals surface area contributed by atoms with E-state index in [0.717, 1.165) is 12.2 Å². The van der Waals surface area contributed by atoms with Crippen LogP contribution in [0.1, 0.15) is 29.7 Å². The Kier molecular flexibility index (Phi) is 4.30. The first-order valence-electron chi connectivity index (χ1n) is 7.46. The summed E-state index contributed by atoms with van der Waals surface area (Å²) in [5, 5.41) is 7.70. The largest absolute Gasteiger partial charge is 0.306 e. The number of hydrogen-bond donors (Lipinski definition) is 1. The van der Waals surface area contributed by atoms with Crippen LogP contribution in [-0.4, -0.2) is 14.8 Å². The molecule has 4 nitrogen and oxygen atoms in total. The Labute approximate surface area is 130 Å². The third-order valence-corrected chi connectivity index (χ3v) is 3.77. The van der Waals surface area contributed by atoms with E-state index in [1.165, 1.54) is 16.7 Å². The molecule has 0 bridgehead atoms. The summed E-state index contributed by atoms with van der Waals surface area (Å²) in [5.41, 5.74) is 4.89. The molecule has 0 aliphatic heterocycles. The van der Waals surface area contributed by atoms with Crippen molar-refractivity contribution in [2.75, 3.05) is 0 Å². The van der Waals surface area contributed by atoms with Crippen molar-refractivity contribution < 1.29 is 0 Å². The van der Waals surface area contributed by atoms with Crippen LogP contribution in [0.2, 0.25) is 0 Å². The topological polar surface area (TPSA) is 42.7 Å². The fourth-order valence-corrected chi connectivity index (χ4v) is 2.47. The van der Waals surface area contributed by atoms with Crippen molar-refractivity contribution in [3.05, 3.63) is 77.9 Å². The van der Waals surface area contributed by atoms with E-state index < -0.39 is 0 Å². The summed E-state index contributed by atoms with van der Waals surface area (Å²) < 4.78 is 1.76. The minimum atomic E-state index is 0.297. The fourth-order valence-electron chi connectivity index (χ4n) is 2.47. The molecule has 0 amide bonds. The van der Waals surface area contributed by atoms with Crippen LogP contribution < -0.4 is 5.32 Å². The maximum Gasteiger partial charge on any atom is 0.138 e. The molecular formula is C18H20N4. The maximum atomic E-state index is 4.14. The van der Waals surface area contributed by atoms with Gasteiger partial charge in [-0.25, -0.2) is 9.67 Å². The van der Waals surface area contributed by atoms with Gasteiger partial charge in [0.25, 0.3) is 0 Å². The Morgan fingerprint density at radius 2 is 1.95 bits per heavy atom. The van der Waals surface area contributed by atoms with Gasteiger partial charge in [-0.2, -0.15) is 5.10 Å². The van der Waals surface area contributed by atoms with E-state index >= 15 is 0 Å². The molecule has 0 aliphatic rings. The van der Waals surface area contributed by atoms with Crippen LogP contribution in [0.5, 0.6) is 0 Å². The second-order valence-electron chi connectivity index (χ2n) is 5.52. The molecule has 2 aromatic carbocycles. The van der Waals surface area contributed by atoms with Crippen molar-refractivity contribution in [2.45, 2.75) is 26.4 Å². The molecular weight excluding hydrogens is 272 g/mol. The first-order valence-corrected chi connectivity index (χ1v) is 7.46. The average Bonchev–Trinajstić information content (AvgIpc) is 3.07. The van der Waals surface area contributed by atoms with Crippen LogP contribution in [-0.2, 0) is 6.54 Å². The Morgan fingerprint density at radius 3 is 2.64 bits per heavy atom. The number of aromatic nitrogens is 3. The molecule has 0 saturated heterocycles. The highest BCUT2D eigenvalue weighted by molar-refractivity contribution is 5.34. The highest BCUT2D eigenvalue weighted by Gasteiger charge is 2.05. The van der Waals surface area contributed by atoms with Crippen LogP contribution in [0.4, 0.5) is 0 Å². The van der Waals surface area contributed by atoms with Crippen LogP contribution in [0.3, 0.4) is 0 Å². The van der Waals surface area contributed by atoms with Crippen LogP contribution >= 0.6 is 0 Å². The van der Waals surface area contributed by atoms with Crippen molar-refractivity contribution in [3.8, 4) is 5.69 Å². The molecule has 1 unspecified atom stereocenters. The van der Waals surface area contributed by atoms with E-state index in [2.05, 4.69) is 77.8 Å². The molecule has 3 aromatic rings. The maximum absolute atomic E-state index is 4.14. The third kappa shape index (κ3) is 3.40. The van der Waals surface area contributed by atoms with Gasteiger partial charge in [-0.3, -0.25) is 0 Å². The zero-order valence-corrected chi connectivity index (χ0v) is 12.9. The number of rotatable bonds is 5. The lowest BCUT2D eigenvalue weighted by Gasteiger charge is -2.15. The number of benzene rings is 2. The summed E-state index contributed by atoms with van der Waals surface area (Å²) >= 11 is 0. The lowest BCUT2D eigenvalue weighted by molar-refractivity contribution is 0.574. The van der Waals surface area contributed by atoms with Crippen LogP contribution in [0.15, 0.2) is 61.2 Å². The molecule has 1 atom stereocenters.